The van der Waals surface area contributed by atoms with E-state index in [0.717, 1.165) is 60.2 Å². The lowest BCUT2D eigenvalue weighted by atomic mass is 9.86. The molecule has 2 atom stereocenters. The molecule has 300 valence electrons. The summed E-state index contributed by atoms with van der Waals surface area (Å²) in [7, 11) is 0. The van der Waals surface area contributed by atoms with E-state index in [0.29, 0.717) is 66.0 Å². The summed E-state index contributed by atoms with van der Waals surface area (Å²) >= 11 is 0. The minimum atomic E-state index is -0.857. The Labute approximate surface area is 326 Å². The number of anilines is 1. The number of pyridine rings is 1. The highest BCUT2D eigenvalue weighted by atomic mass is 19.0. The van der Waals surface area contributed by atoms with Gasteiger partial charge in [0.2, 0.25) is 5.56 Å². The number of phenols is 1. The fourth-order valence-corrected chi connectivity index (χ4v) is 8.09. The molecule has 3 aliphatic heterocycles. The lowest BCUT2D eigenvalue weighted by Gasteiger charge is -2.43. The minimum absolute atomic E-state index is 0. The number of carbonyl (C=O) groups excluding carboxylic acids is 1. The van der Waals surface area contributed by atoms with Gasteiger partial charge in [-0.1, -0.05) is 54.6 Å². The van der Waals surface area contributed by atoms with Gasteiger partial charge in [-0.3, -0.25) is 29.0 Å². The van der Waals surface area contributed by atoms with Crippen LogP contribution in [-0.4, -0.2) is 69.6 Å². The fourth-order valence-electron chi connectivity index (χ4n) is 8.09. The largest absolute Gasteiger partial charge is 0.506 e. The molecule has 0 saturated carbocycles. The Balaban J connectivity index is 0.00000275. The molecule has 57 heavy (non-hydrogen) atoms. The molecule has 4 aromatic carbocycles. The van der Waals surface area contributed by atoms with Crippen LogP contribution in [0.4, 0.5) is 19.9 Å². The minimum Gasteiger partial charge on any atom is -0.506 e. The van der Waals surface area contributed by atoms with Crippen LogP contribution in [0.15, 0.2) is 105 Å². The summed E-state index contributed by atoms with van der Waals surface area (Å²) in [6, 6.07) is 27.9. The molecule has 5 N–H and O–H groups in total. The molecule has 6 aromatic rings. The molecule has 3 aliphatic rings. The number of amides is 1. The van der Waals surface area contributed by atoms with Crippen molar-refractivity contribution in [2.45, 2.75) is 50.9 Å². The van der Waals surface area contributed by atoms with Crippen molar-refractivity contribution in [2.24, 2.45) is 5.92 Å². The SMILES string of the molecule is F.F.O=C(Nc1cc(CCCn2c(=O)oc3cc(CCNC[C@H](O)c4ccc(O)c5[nH]c(=O)ccc45)ccc32)ccc1-c1ccccc1)O[C@H]1CN2CCC1CC2. The lowest BCUT2D eigenvalue weighted by Crippen LogP contribution is -2.52. The number of ether oxygens (including phenoxy) is 1. The second kappa shape index (κ2) is 18.0. The van der Waals surface area contributed by atoms with Crippen LogP contribution in [0.1, 0.15) is 42.1 Å². The highest BCUT2D eigenvalue weighted by Crippen LogP contribution is 2.33. The molecule has 0 unspecified atom stereocenters. The monoisotopic (exact) mass is 783 g/mol. The number of hydrogen-bond donors (Lipinski definition) is 5. The Hall–Kier alpha value is -5.83. The van der Waals surface area contributed by atoms with Crippen molar-refractivity contribution in [3.8, 4) is 16.9 Å². The molecule has 0 aliphatic carbocycles. The number of rotatable bonds is 13. The number of aromatic amines is 1. The van der Waals surface area contributed by atoms with E-state index in [1.54, 1.807) is 16.7 Å². The van der Waals surface area contributed by atoms with E-state index in [1.807, 2.05) is 60.7 Å². The first-order chi connectivity index (χ1) is 26.8. The number of phenolic OH excluding ortho intramolecular Hbond substituents is 1. The van der Waals surface area contributed by atoms with Gasteiger partial charge in [0.15, 0.2) is 5.58 Å². The molecule has 0 radical (unpaired) electrons. The Bertz CT molecular complexity index is 2440. The maximum Gasteiger partial charge on any atom is 0.419 e. The fraction of sp³-hybridized carbons (Fsp3) is 0.326. The number of aromatic hydroxyl groups is 1. The average molecular weight is 784 g/mol. The molecule has 2 aromatic heterocycles. The third-order valence-corrected chi connectivity index (χ3v) is 11.0. The summed E-state index contributed by atoms with van der Waals surface area (Å²) in [5.74, 6) is -0.0430. The lowest BCUT2D eigenvalue weighted by molar-refractivity contribution is -0.0289. The Morgan fingerprint density at radius 3 is 2.47 bits per heavy atom. The quantitative estimate of drug-likeness (QED) is 0.0853. The molecule has 3 saturated heterocycles. The maximum absolute atomic E-state index is 13.2. The number of halogens is 2. The molecule has 1 amide bonds. The van der Waals surface area contributed by atoms with Gasteiger partial charge < -0.3 is 29.7 Å². The van der Waals surface area contributed by atoms with E-state index in [2.05, 4.69) is 26.6 Å². The average Bonchev–Trinajstić information content (AvgIpc) is 3.51. The van der Waals surface area contributed by atoms with Crippen LogP contribution >= 0.6 is 0 Å². The van der Waals surface area contributed by atoms with Gasteiger partial charge in [0.1, 0.15) is 11.9 Å². The highest BCUT2D eigenvalue weighted by molar-refractivity contribution is 5.92. The van der Waals surface area contributed by atoms with Crippen LogP contribution in [0.25, 0.3) is 33.1 Å². The summed E-state index contributed by atoms with van der Waals surface area (Å²) in [5, 5.41) is 27.9. The van der Waals surface area contributed by atoms with Crippen molar-refractivity contribution in [1.82, 2.24) is 19.8 Å². The van der Waals surface area contributed by atoms with Crippen molar-refractivity contribution < 1.29 is 33.6 Å². The van der Waals surface area contributed by atoms with Gasteiger partial charge in [-0.05, 0) is 110 Å². The van der Waals surface area contributed by atoms with Gasteiger partial charge in [0, 0.05) is 36.7 Å². The summed E-state index contributed by atoms with van der Waals surface area (Å²) in [4.78, 5) is 42.8. The zero-order valence-electron chi connectivity index (χ0n) is 31.3. The number of aliphatic hydroxyl groups excluding tert-OH is 1. The number of aromatic nitrogens is 2. The van der Waals surface area contributed by atoms with Crippen molar-refractivity contribution in [1.29, 1.82) is 0 Å². The van der Waals surface area contributed by atoms with Gasteiger partial charge in [-0.2, -0.15) is 0 Å². The van der Waals surface area contributed by atoms with Crippen molar-refractivity contribution in [3.63, 3.8) is 0 Å². The molecule has 14 heteroatoms. The number of H-pyrrole nitrogens is 1. The third kappa shape index (κ3) is 9.09. The molecule has 5 heterocycles. The van der Waals surface area contributed by atoms with Gasteiger partial charge >= 0.3 is 11.8 Å². The molecule has 0 spiro atoms. The summed E-state index contributed by atoms with van der Waals surface area (Å²) < 4.78 is 13.3. The Kier molecular flexibility index (Phi) is 12.9. The van der Waals surface area contributed by atoms with Crippen molar-refractivity contribution in [3.05, 3.63) is 129 Å². The predicted octanol–water partition coefficient (Wildman–Crippen LogP) is 6.25. The zero-order chi connectivity index (χ0) is 37.9. The molecule has 3 fully saturated rings. The van der Waals surface area contributed by atoms with Crippen molar-refractivity contribution >= 4 is 33.8 Å². The first-order valence-electron chi connectivity index (χ1n) is 19.0. The number of nitrogens with one attached hydrogen (secondary N) is 3. The third-order valence-electron chi connectivity index (χ3n) is 11.0. The standard InChI is InChI=1S/C43H45N5O7.2FH/c49-36-14-11-32(33-12-15-40(51)46-41(33)36)37(50)25-44-19-16-28-9-13-35-38(24-28)55-43(53)48(35)20-4-5-27-8-10-31(29-6-2-1-3-7-29)34(23-27)45-42(52)54-39-26-47-21-17-30(39)18-22-47;;/h1-3,6-15,23-24,30,37,39,44,49-50H,4-5,16-22,25-26H2,(H,45,52)(H,46,51);2*1H/t37-,39-;;/m0../s1. The second-order valence-electron chi connectivity index (χ2n) is 14.6. The Morgan fingerprint density at radius 1 is 0.930 bits per heavy atom. The van der Waals surface area contributed by atoms with Crippen LogP contribution in [0.5, 0.6) is 5.75 Å². The molecule has 9 rings (SSSR count). The number of aryl methyl sites for hydroxylation is 2. The van der Waals surface area contributed by atoms with Crippen LogP contribution in [0.2, 0.25) is 0 Å². The number of fused-ring (bicyclic) bond motifs is 5. The number of benzene rings is 4. The van der Waals surface area contributed by atoms with Gasteiger partial charge in [-0.25, -0.2) is 9.59 Å². The summed E-state index contributed by atoms with van der Waals surface area (Å²) in [6.45, 7) is 4.25. The number of aliphatic hydroxyl groups is 1. The smallest absolute Gasteiger partial charge is 0.419 e. The Morgan fingerprint density at radius 2 is 1.70 bits per heavy atom. The number of carbonyl (C=O) groups is 1. The maximum atomic E-state index is 13.2. The highest BCUT2D eigenvalue weighted by Gasteiger charge is 2.36. The first-order valence-corrected chi connectivity index (χ1v) is 19.0. The van der Waals surface area contributed by atoms with E-state index in [1.165, 1.54) is 12.1 Å². The molecule has 2 bridgehead atoms. The second-order valence-corrected chi connectivity index (χ2v) is 14.6. The van der Waals surface area contributed by atoms with E-state index in [9.17, 15) is 24.6 Å². The number of piperidine rings is 3. The van der Waals surface area contributed by atoms with E-state index >= 15 is 0 Å². The summed E-state index contributed by atoms with van der Waals surface area (Å²) in [5.41, 5.74) is 6.44. The zero-order valence-corrected chi connectivity index (χ0v) is 31.3. The van der Waals surface area contributed by atoms with Crippen molar-refractivity contribution in [2.75, 3.05) is 38.0 Å². The summed E-state index contributed by atoms with van der Waals surface area (Å²) in [6.07, 6.45) is 2.77. The predicted molar refractivity (Wildman–Crippen MR) is 217 cm³/mol. The van der Waals surface area contributed by atoms with Gasteiger partial charge in [0.05, 0.1) is 22.8 Å². The molecular formula is C43H47F2N5O7. The normalized spacial score (nSPS) is 17.8. The first kappa shape index (κ1) is 40.8. The van der Waals surface area contributed by atoms with E-state index in [-0.39, 0.29) is 33.4 Å². The number of hydrogen-bond acceptors (Lipinski definition) is 9. The number of oxazole rings is 1. The van der Waals surface area contributed by atoms with Crippen LogP contribution < -0.4 is 21.9 Å². The van der Waals surface area contributed by atoms with Crippen LogP contribution in [-0.2, 0) is 24.1 Å². The number of nitrogens with zero attached hydrogens (tertiary/aromatic N) is 2. The molecular weight excluding hydrogens is 736 g/mol. The van der Waals surface area contributed by atoms with Gasteiger partial charge in [0.25, 0.3) is 0 Å². The van der Waals surface area contributed by atoms with Gasteiger partial charge in [-0.15, -0.1) is 0 Å². The van der Waals surface area contributed by atoms with Crippen LogP contribution in [0.3, 0.4) is 0 Å². The van der Waals surface area contributed by atoms with E-state index in [4.69, 9.17) is 9.15 Å². The van der Waals surface area contributed by atoms with E-state index < -0.39 is 18.0 Å². The topological polar surface area (TPSA) is 162 Å². The molecule has 12 nitrogen and oxygen atoms in total. The van der Waals surface area contributed by atoms with Crippen LogP contribution in [0, 0.1) is 5.92 Å².